The fraction of sp³-hybridized carbons (Fsp3) is 0.238. The molecule has 1 fully saturated rings. The summed E-state index contributed by atoms with van der Waals surface area (Å²) >= 11 is 0. The van der Waals surface area contributed by atoms with E-state index in [9.17, 15) is 12.8 Å². The minimum Gasteiger partial charge on any atom is -0.368 e. The average Bonchev–Trinajstić information content (AvgIpc) is 2.68. The summed E-state index contributed by atoms with van der Waals surface area (Å²) in [6.07, 6.45) is 0. The number of fused-ring (bicyclic) bond motifs is 1. The molecule has 0 radical (unpaired) electrons. The fourth-order valence-corrected chi connectivity index (χ4v) is 4.83. The molecule has 3 aromatic carbocycles. The van der Waals surface area contributed by atoms with E-state index in [1.54, 1.807) is 12.1 Å². The van der Waals surface area contributed by atoms with E-state index < -0.39 is 15.7 Å². The van der Waals surface area contributed by atoms with Crippen LogP contribution in [0.3, 0.4) is 0 Å². The summed E-state index contributed by atoms with van der Waals surface area (Å²) in [6.45, 7) is 3.89. The lowest BCUT2D eigenvalue weighted by molar-refractivity contribution is 0.313. The maximum atomic E-state index is 13.5. The van der Waals surface area contributed by atoms with E-state index in [1.165, 1.54) is 18.2 Å². The lowest BCUT2D eigenvalue weighted by atomic mass is 10.1. The van der Waals surface area contributed by atoms with Crippen molar-refractivity contribution in [2.45, 2.75) is 9.79 Å². The van der Waals surface area contributed by atoms with Gasteiger partial charge in [0.2, 0.25) is 9.84 Å². The molecule has 0 spiro atoms. The molecule has 4 rings (SSSR count). The molecule has 0 atom stereocenters. The van der Waals surface area contributed by atoms with E-state index in [0.717, 1.165) is 48.7 Å². The summed E-state index contributed by atoms with van der Waals surface area (Å²) in [5, 5.41) is 1.89. The predicted molar refractivity (Wildman–Crippen MR) is 106 cm³/mol. The number of halogens is 1. The largest absolute Gasteiger partial charge is 0.368 e. The van der Waals surface area contributed by atoms with Crippen LogP contribution in [-0.2, 0) is 9.84 Å². The minimum atomic E-state index is -3.76. The van der Waals surface area contributed by atoms with Crippen molar-refractivity contribution in [3.05, 3.63) is 66.5 Å². The zero-order valence-corrected chi connectivity index (χ0v) is 15.9. The Hall–Kier alpha value is -2.44. The number of hydrogen-bond donors (Lipinski definition) is 0. The van der Waals surface area contributed by atoms with Crippen molar-refractivity contribution in [2.24, 2.45) is 0 Å². The van der Waals surface area contributed by atoms with Crippen LogP contribution < -0.4 is 4.90 Å². The topological polar surface area (TPSA) is 40.6 Å². The van der Waals surface area contributed by atoms with E-state index in [1.807, 2.05) is 18.2 Å². The fourth-order valence-electron chi connectivity index (χ4n) is 3.51. The SMILES string of the molecule is [11CH3]N1CCN(c2cccc3cc(S(=O)(=O)c4cccc(F)c4)ccc23)CC1. The van der Waals surface area contributed by atoms with Gasteiger partial charge in [0.15, 0.2) is 0 Å². The highest BCUT2D eigenvalue weighted by Crippen LogP contribution is 2.31. The number of piperazine rings is 1. The molecular weight excluding hydrogens is 362 g/mol. The number of rotatable bonds is 3. The minimum absolute atomic E-state index is 0.0305. The molecular formula is C21H21FN2O2S. The van der Waals surface area contributed by atoms with Crippen molar-refractivity contribution in [3.8, 4) is 0 Å². The van der Waals surface area contributed by atoms with Gasteiger partial charge in [0.25, 0.3) is 0 Å². The van der Waals surface area contributed by atoms with Crippen LogP contribution in [0.15, 0.2) is 70.5 Å². The molecule has 1 heterocycles. The van der Waals surface area contributed by atoms with Gasteiger partial charge in [0, 0.05) is 37.3 Å². The van der Waals surface area contributed by atoms with Gasteiger partial charge in [0.05, 0.1) is 9.79 Å². The van der Waals surface area contributed by atoms with Crippen molar-refractivity contribution in [2.75, 3.05) is 38.1 Å². The van der Waals surface area contributed by atoms with Crippen molar-refractivity contribution < 1.29 is 12.8 Å². The zero-order chi connectivity index (χ0) is 19.0. The van der Waals surface area contributed by atoms with E-state index in [2.05, 4.69) is 22.9 Å². The molecule has 0 saturated carbocycles. The van der Waals surface area contributed by atoms with Gasteiger partial charge >= 0.3 is 0 Å². The maximum Gasteiger partial charge on any atom is 0.206 e. The highest BCUT2D eigenvalue weighted by molar-refractivity contribution is 7.91. The first-order valence-electron chi connectivity index (χ1n) is 8.92. The van der Waals surface area contributed by atoms with Crippen LogP contribution in [0.1, 0.15) is 0 Å². The number of likely N-dealkylation sites (N-methyl/N-ethyl adjacent to an activating group) is 1. The second kappa shape index (κ2) is 6.94. The van der Waals surface area contributed by atoms with Crippen LogP contribution in [-0.4, -0.2) is 46.5 Å². The smallest absolute Gasteiger partial charge is 0.206 e. The van der Waals surface area contributed by atoms with Crippen molar-refractivity contribution in [3.63, 3.8) is 0 Å². The summed E-state index contributed by atoms with van der Waals surface area (Å²) in [7, 11) is -1.64. The van der Waals surface area contributed by atoms with Gasteiger partial charge in [-0.2, -0.15) is 0 Å². The van der Waals surface area contributed by atoms with Crippen molar-refractivity contribution in [1.82, 2.24) is 4.90 Å². The van der Waals surface area contributed by atoms with Crippen LogP contribution in [0, 0.1) is 5.82 Å². The van der Waals surface area contributed by atoms with Gasteiger partial charge in [-0.1, -0.05) is 24.3 Å². The molecule has 1 aliphatic rings. The van der Waals surface area contributed by atoms with Crippen LogP contribution in [0.2, 0.25) is 0 Å². The Labute approximate surface area is 158 Å². The molecule has 0 bridgehead atoms. The summed E-state index contributed by atoms with van der Waals surface area (Å²) in [6, 6.07) is 16.2. The summed E-state index contributed by atoms with van der Waals surface area (Å²) in [5.74, 6) is -0.561. The number of nitrogens with zero attached hydrogens (tertiary/aromatic N) is 2. The summed E-state index contributed by atoms with van der Waals surface area (Å²) in [5.41, 5.74) is 1.12. The molecule has 0 amide bonds. The van der Waals surface area contributed by atoms with Crippen LogP contribution >= 0.6 is 0 Å². The van der Waals surface area contributed by atoms with E-state index >= 15 is 0 Å². The number of hydrogen-bond acceptors (Lipinski definition) is 4. The van der Waals surface area contributed by atoms with Gasteiger partial charge in [-0.25, -0.2) is 12.8 Å². The normalized spacial score (nSPS) is 16.0. The van der Waals surface area contributed by atoms with Crippen LogP contribution in [0.5, 0.6) is 0 Å². The lowest BCUT2D eigenvalue weighted by Crippen LogP contribution is -2.44. The first-order valence-corrected chi connectivity index (χ1v) is 10.4. The second-order valence-corrected chi connectivity index (χ2v) is 8.86. The van der Waals surface area contributed by atoms with Crippen molar-refractivity contribution >= 4 is 26.3 Å². The molecule has 140 valence electrons. The Kier molecular flexibility index (Phi) is 4.61. The lowest BCUT2D eigenvalue weighted by Gasteiger charge is -2.34. The van der Waals surface area contributed by atoms with Gasteiger partial charge in [-0.3, -0.25) is 0 Å². The van der Waals surface area contributed by atoms with E-state index in [-0.39, 0.29) is 9.79 Å². The molecule has 0 unspecified atom stereocenters. The first-order chi connectivity index (χ1) is 12.9. The molecule has 3 aromatic rings. The zero-order valence-electron chi connectivity index (χ0n) is 15.1. The van der Waals surface area contributed by atoms with E-state index in [0.29, 0.717) is 0 Å². The standard InChI is InChI=1S/C21H21FN2O2S/c1-23-10-12-24(13-11-23)21-7-2-4-16-14-19(8-9-20(16)21)27(25,26)18-6-3-5-17(22)15-18/h2-9,14-15H,10-13H2,1H3/i1-1. The third-order valence-corrected chi connectivity index (χ3v) is 6.84. The van der Waals surface area contributed by atoms with Gasteiger partial charge < -0.3 is 9.80 Å². The molecule has 1 saturated heterocycles. The predicted octanol–water partition coefficient (Wildman–Crippen LogP) is 3.56. The Balaban J connectivity index is 1.75. The van der Waals surface area contributed by atoms with Crippen LogP contribution in [0.4, 0.5) is 10.1 Å². The average molecular weight is 383 g/mol. The Morgan fingerprint density at radius 3 is 2.30 bits per heavy atom. The highest BCUT2D eigenvalue weighted by atomic mass is 32.2. The molecule has 4 nitrogen and oxygen atoms in total. The maximum absolute atomic E-state index is 13.5. The first kappa shape index (κ1) is 17.9. The third kappa shape index (κ3) is 3.42. The Morgan fingerprint density at radius 2 is 1.56 bits per heavy atom. The van der Waals surface area contributed by atoms with Gasteiger partial charge in [-0.15, -0.1) is 0 Å². The van der Waals surface area contributed by atoms with Gasteiger partial charge in [-0.05, 0) is 48.8 Å². The molecule has 27 heavy (non-hydrogen) atoms. The van der Waals surface area contributed by atoms with Gasteiger partial charge in [0.1, 0.15) is 5.82 Å². The van der Waals surface area contributed by atoms with E-state index in [4.69, 9.17) is 0 Å². The quantitative estimate of drug-likeness (QED) is 0.693. The number of sulfone groups is 1. The summed E-state index contributed by atoms with van der Waals surface area (Å²) < 4.78 is 39.2. The molecule has 0 aromatic heterocycles. The molecule has 0 aliphatic carbocycles. The molecule has 0 N–H and O–H groups in total. The highest BCUT2D eigenvalue weighted by Gasteiger charge is 2.20. The monoisotopic (exact) mass is 383 g/mol. The number of benzene rings is 3. The third-order valence-electron chi connectivity index (χ3n) is 5.09. The molecule has 6 heteroatoms. The van der Waals surface area contributed by atoms with Crippen molar-refractivity contribution in [1.29, 1.82) is 0 Å². The second-order valence-electron chi connectivity index (χ2n) is 6.91. The Bertz CT molecular complexity index is 1090. The molecule has 1 aliphatic heterocycles. The number of anilines is 1. The van der Waals surface area contributed by atoms with Crippen LogP contribution in [0.25, 0.3) is 10.8 Å². The summed E-state index contributed by atoms with van der Waals surface area (Å²) in [4.78, 5) is 4.78. The Morgan fingerprint density at radius 1 is 0.852 bits per heavy atom.